The summed E-state index contributed by atoms with van der Waals surface area (Å²) in [7, 11) is 1.69. The van der Waals surface area contributed by atoms with E-state index in [0.29, 0.717) is 0 Å². The van der Waals surface area contributed by atoms with Crippen LogP contribution in [0.1, 0.15) is 35.2 Å². The maximum Gasteiger partial charge on any atom is 0.133 e. The maximum absolute atomic E-state index is 5.64. The highest BCUT2D eigenvalue weighted by Gasteiger charge is 2.28. The Kier molecular flexibility index (Phi) is 5.05. The summed E-state index contributed by atoms with van der Waals surface area (Å²) >= 11 is 0. The number of hydrogen-bond donors (Lipinski definition) is 2. The van der Waals surface area contributed by atoms with Gasteiger partial charge >= 0.3 is 0 Å². The zero-order valence-corrected chi connectivity index (χ0v) is 14.8. The minimum absolute atomic E-state index is 0.0464. The van der Waals surface area contributed by atoms with Crippen molar-refractivity contribution in [2.24, 2.45) is 0 Å². The third-order valence-corrected chi connectivity index (χ3v) is 4.57. The first-order valence-corrected chi connectivity index (χ1v) is 8.49. The summed E-state index contributed by atoms with van der Waals surface area (Å²) < 4.78 is 5.64. The first kappa shape index (κ1) is 17.1. The van der Waals surface area contributed by atoms with E-state index in [1.807, 2.05) is 18.2 Å². The molecule has 2 aromatic rings. The lowest BCUT2D eigenvalue weighted by molar-refractivity contribution is 0.407. The fourth-order valence-corrected chi connectivity index (χ4v) is 3.21. The molecule has 1 unspecified atom stereocenters. The van der Waals surface area contributed by atoms with E-state index in [-0.39, 0.29) is 6.04 Å². The second-order valence-electron chi connectivity index (χ2n) is 6.02. The van der Waals surface area contributed by atoms with Crippen molar-refractivity contribution in [3.05, 3.63) is 83.5 Å². The highest BCUT2D eigenvalue weighted by atomic mass is 16.5. The van der Waals surface area contributed by atoms with Gasteiger partial charge in [0.25, 0.3) is 0 Å². The molecule has 1 aliphatic rings. The van der Waals surface area contributed by atoms with Crippen molar-refractivity contribution in [2.45, 2.75) is 19.4 Å². The van der Waals surface area contributed by atoms with Gasteiger partial charge in [-0.1, -0.05) is 62.6 Å². The van der Waals surface area contributed by atoms with Gasteiger partial charge < -0.3 is 10.2 Å². The van der Waals surface area contributed by atoms with Crippen LogP contribution in [0.4, 0.5) is 5.69 Å². The number of methoxy groups -OCH3 is 1. The first-order valence-electron chi connectivity index (χ1n) is 8.49. The number of aryl methyl sites for hydroxylation is 1. The Bertz CT molecular complexity index is 836. The molecule has 3 nitrogen and oxygen atoms in total. The van der Waals surface area contributed by atoms with Crippen molar-refractivity contribution in [1.82, 2.24) is 5.43 Å². The van der Waals surface area contributed by atoms with E-state index in [2.05, 4.69) is 67.4 Å². The molecule has 128 valence electrons. The van der Waals surface area contributed by atoms with E-state index in [1.54, 1.807) is 7.11 Å². The Morgan fingerprint density at radius 2 is 2.00 bits per heavy atom. The molecule has 1 atom stereocenters. The fourth-order valence-electron chi connectivity index (χ4n) is 3.21. The Labute approximate surface area is 149 Å². The average molecular weight is 332 g/mol. The largest absolute Gasteiger partial charge is 0.496 e. The molecule has 25 heavy (non-hydrogen) atoms. The molecule has 2 N–H and O–H groups in total. The van der Waals surface area contributed by atoms with Crippen LogP contribution in [0.3, 0.4) is 0 Å². The molecule has 0 amide bonds. The predicted octanol–water partition coefficient (Wildman–Crippen LogP) is 5.14. The van der Waals surface area contributed by atoms with Gasteiger partial charge in [0.15, 0.2) is 0 Å². The molecule has 0 spiro atoms. The molecule has 3 heteroatoms. The van der Waals surface area contributed by atoms with E-state index in [9.17, 15) is 0 Å². The smallest absolute Gasteiger partial charge is 0.133 e. The van der Waals surface area contributed by atoms with Crippen molar-refractivity contribution >= 4 is 17.8 Å². The summed E-state index contributed by atoms with van der Waals surface area (Å²) in [6, 6.07) is 12.4. The molecule has 1 heterocycles. The number of hydrazine groups is 1. The van der Waals surface area contributed by atoms with Gasteiger partial charge in [0.05, 0.1) is 18.8 Å². The van der Waals surface area contributed by atoms with Crippen LogP contribution in [0.5, 0.6) is 5.75 Å². The van der Waals surface area contributed by atoms with Crippen molar-refractivity contribution in [1.29, 1.82) is 0 Å². The van der Waals surface area contributed by atoms with Gasteiger partial charge in [-0.3, -0.25) is 0 Å². The minimum Gasteiger partial charge on any atom is -0.496 e. The molecule has 1 aliphatic heterocycles. The highest BCUT2D eigenvalue weighted by molar-refractivity contribution is 5.72. The molecular weight excluding hydrogens is 308 g/mol. The van der Waals surface area contributed by atoms with Crippen LogP contribution in [-0.2, 0) is 6.42 Å². The SMILES string of the molecule is C=Cc1ccc2c(c1OC)C(C(=C)/C=C\c1ccccc1CC)NN2. The second kappa shape index (κ2) is 7.41. The average Bonchev–Trinajstić information content (AvgIpc) is 3.09. The first-order chi connectivity index (χ1) is 12.2. The number of anilines is 1. The molecule has 0 bridgehead atoms. The number of benzene rings is 2. The van der Waals surface area contributed by atoms with Crippen molar-refractivity contribution < 1.29 is 4.74 Å². The van der Waals surface area contributed by atoms with Gasteiger partial charge in [-0.15, -0.1) is 0 Å². The highest BCUT2D eigenvalue weighted by Crippen LogP contribution is 2.42. The van der Waals surface area contributed by atoms with Crippen LogP contribution in [0.15, 0.2) is 61.2 Å². The van der Waals surface area contributed by atoms with Crippen LogP contribution in [-0.4, -0.2) is 7.11 Å². The van der Waals surface area contributed by atoms with Gasteiger partial charge in [-0.2, -0.15) is 0 Å². The van der Waals surface area contributed by atoms with E-state index in [1.165, 1.54) is 11.1 Å². The predicted molar refractivity (Wildman–Crippen MR) is 107 cm³/mol. The molecule has 0 saturated carbocycles. The number of ether oxygens (including phenoxy) is 1. The zero-order chi connectivity index (χ0) is 17.8. The Morgan fingerprint density at radius 3 is 2.72 bits per heavy atom. The summed E-state index contributed by atoms with van der Waals surface area (Å²) in [5.41, 5.74) is 13.1. The van der Waals surface area contributed by atoms with Crippen molar-refractivity contribution in [3.63, 3.8) is 0 Å². The standard InChI is InChI=1S/C22H24N2O/c1-5-16-9-7-8-10-18(16)12-11-15(3)21-20-19(23-24-21)14-13-17(6-2)22(20)25-4/h6-14,21,23-24H,2-3,5H2,1,4H3/b12-11-. The van der Waals surface area contributed by atoms with Gasteiger partial charge in [0.1, 0.15) is 5.75 Å². The molecule has 0 radical (unpaired) electrons. The lowest BCUT2D eigenvalue weighted by Crippen LogP contribution is -2.19. The molecule has 3 rings (SSSR count). The maximum atomic E-state index is 5.64. The minimum atomic E-state index is -0.0464. The number of hydrogen-bond acceptors (Lipinski definition) is 3. The lowest BCUT2D eigenvalue weighted by Gasteiger charge is -2.16. The summed E-state index contributed by atoms with van der Waals surface area (Å²) in [6.45, 7) is 10.3. The quantitative estimate of drug-likeness (QED) is 0.719. The van der Waals surface area contributed by atoms with Gasteiger partial charge in [0, 0.05) is 11.1 Å². The Morgan fingerprint density at radius 1 is 1.20 bits per heavy atom. The molecule has 0 aromatic heterocycles. The van der Waals surface area contributed by atoms with Crippen LogP contribution >= 0.6 is 0 Å². The second-order valence-corrected chi connectivity index (χ2v) is 6.02. The van der Waals surface area contributed by atoms with Crippen LogP contribution < -0.4 is 15.6 Å². The number of rotatable bonds is 6. The number of fused-ring (bicyclic) bond motifs is 1. The van der Waals surface area contributed by atoms with Crippen LogP contribution in [0.25, 0.3) is 12.2 Å². The fraction of sp³-hybridized carbons (Fsp3) is 0.182. The van der Waals surface area contributed by atoms with E-state index in [4.69, 9.17) is 4.74 Å². The van der Waals surface area contributed by atoms with Gasteiger partial charge in [0.2, 0.25) is 0 Å². The third-order valence-electron chi connectivity index (χ3n) is 4.57. The van der Waals surface area contributed by atoms with E-state index < -0.39 is 0 Å². The van der Waals surface area contributed by atoms with Crippen LogP contribution in [0, 0.1) is 0 Å². The van der Waals surface area contributed by atoms with Crippen LogP contribution in [0.2, 0.25) is 0 Å². The summed E-state index contributed by atoms with van der Waals surface area (Å²) in [5, 5.41) is 0. The molecular formula is C22H24N2O. The lowest BCUT2D eigenvalue weighted by atomic mass is 9.95. The van der Waals surface area contributed by atoms with Crippen molar-refractivity contribution in [3.8, 4) is 5.75 Å². The summed E-state index contributed by atoms with van der Waals surface area (Å²) in [5.74, 6) is 0.832. The summed E-state index contributed by atoms with van der Waals surface area (Å²) in [6.07, 6.45) is 7.02. The van der Waals surface area contributed by atoms with E-state index >= 15 is 0 Å². The Hall–Kier alpha value is -2.78. The Balaban J connectivity index is 1.91. The molecule has 0 fully saturated rings. The molecule has 0 aliphatic carbocycles. The van der Waals surface area contributed by atoms with Gasteiger partial charge in [-0.05, 0) is 35.3 Å². The normalized spacial score (nSPS) is 15.7. The summed E-state index contributed by atoms with van der Waals surface area (Å²) in [4.78, 5) is 0. The van der Waals surface area contributed by atoms with Crippen molar-refractivity contribution in [2.75, 3.05) is 12.5 Å². The topological polar surface area (TPSA) is 33.3 Å². The van der Waals surface area contributed by atoms with E-state index in [0.717, 1.165) is 34.6 Å². The molecule has 0 saturated heterocycles. The zero-order valence-electron chi connectivity index (χ0n) is 14.8. The molecule has 2 aromatic carbocycles. The number of nitrogens with one attached hydrogen (secondary N) is 2. The van der Waals surface area contributed by atoms with Gasteiger partial charge in [-0.25, -0.2) is 5.43 Å². The third kappa shape index (κ3) is 3.24. The monoisotopic (exact) mass is 332 g/mol.